The molecule has 1 aromatic heterocycles. The van der Waals surface area contributed by atoms with E-state index in [0.29, 0.717) is 18.1 Å². The summed E-state index contributed by atoms with van der Waals surface area (Å²) in [6.07, 6.45) is 5.19. The molecule has 0 bridgehead atoms. The van der Waals surface area contributed by atoms with E-state index >= 15 is 0 Å². The Labute approximate surface area is 143 Å². The highest BCUT2D eigenvalue weighted by Gasteiger charge is 2.25. The Morgan fingerprint density at radius 2 is 2.08 bits per heavy atom. The number of anilines is 1. The third-order valence-corrected chi connectivity index (χ3v) is 4.99. The SMILES string of the molecule is COCC1CCCN(C(=O)c2ccc(N3CCC(O)CC3)nc2)C1. The number of aliphatic hydroxyl groups is 1. The minimum atomic E-state index is -0.193. The van der Waals surface area contributed by atoms with E-state index in [1.165, 1.54) is 0 Å². The van der Waals surface area contributed by atoms with Gasteiger partial charge in [-0.3, -0.25) is 4.79 Å². The second kappa shape index (κ2) is 7.94. The topological polar surface area (TPSA) is 65.9 Å². The standard InChI is InChI=1S/C18H27N3O3/c1-24-13-14-3-2-8-21(12-14)18(23)15-4-5-17(19-11-15)20-9-6-16(22)7-10-20/h4-5,11,14,16,22H,2-3,6-10,12-13H2,1H3. The molecule has 24 heavy (non-hydrogen) atoms. The largest absolute Gasteiger partial charge is 0.393 e. The average molecular weight is 333 g/mol. The molecule has 2 saturated heterocycles. The fourth-order valence-electron chi connectivity index (χ4n) is 3.60. The lowest BCUT2D eigenvalue weighted by molar-refractivity contribution is 0.0570. The Kier molecular flexibility index (Phi) is 5.68. The van der Waals surface area contributed by atoms with Crippen LogP contribution in [-0.4, -0.2) is 66.9 Å². The van der Waals surface area contributed by atoms with Crippen molar-refractivity contribution in [3.8, 4) is 0 Å². The molecule has 1 aromatic rings. The van der Waals surface area contributed by atoms with Gasteiger partial charge in [-0.05, 0) is 43.7 Å². The summed E-state index contributed by atoms with van der Waals surface area (Å²) in [6.45, 7) is 3.91. The number of piperidine rings is 2. The maximum absolute atomic E-state index is 12.7. The highest BCUT2D eigenvalue weighted by Crippen LogP contribution is 2.21. The number of hydrogen-bond acceptors (Lipinski definition) is 5. The monoisotopic (exact) mass is 333 g/mol. The second-order valence-corrected chi connectivity index (χ2v) is 6.84. The van der Waals surface area contributed by atoms with Gasteiger partial charge in [-0.25, -0.2) is 4.98 Å². The van der Waals surface area contributed by atoms with Gasteiger partial charge in [0.25, 0.3) is 5.91 Å². The maximum Gasteiger partial charge on any atom is 0.255 e. The van der Waals surface area contributed by atoms with E-state index in [1.807, 2.05) is 17.0 Å². The zero-order valence-electron chi connectivity index (χ0n) is 14.4. The van der Waals surface area contributed by atoms with E-state index in [0.717, 1.165) is 57.7 Å². The molecule has 1 amide bonds. The van der Waals surface area contributed by atoms with Gasteiger partial charge in [-0.1, -0.05) is 0 Å². The quantitative estimate of drug-likeness (QED) is 0.905. The van der Waals surface area contributed by atoms with Crippen LogP contribution in [0.3, 0.4) is 0 Å². The molecule has 1 atom stereocenters. The molecule has 0 aromatic carbocycles. The molecular weight excluding hydrogens is 306 g/mol. The molecule has 3 rings (SSSR count). The lowest BCUT2D eigenvalue weighted by Crippen LogP contribution is -2.41. The van der Waals surface area contributed by atoms with Gasteiger partial charge < -0.3 is 19.6 Å². The minimum Gasteiger partial charge on any atom is -0.393 e. The molecule has 3 heterocycles. The number of rotatable bonds is 4. The molecule has 0 saturated carbocycles. The van der Waals surface area contributed by atoms with Crippen molar-refractivity contribution in [2.24, 2.45) is 5.92 Å². The Morgan fingerprint density at radius 3 is 2.75 bits per heavy atom. The van der Waals surface area contributed by atoms with E-state index in [9.17, 15) is 9.90 Å². The summed E-state index contributed by atoms with van der Waals surface area (Å²) in [7, 11) is 1.71. The molecule has 0 aliphatic carbocycles. The number of methoxy groups -OCH3 is 1. The predicted molar refractivity (Wildman–Crippen MR) is 92.2 cm³/mol. The normalized spacial score (nSPS) is 22.7. The summed E-state index contributed by atoms with van der Waals surface area (Å²) in [5, 5.41) is 9.59. The van der Waals surface area contributed by atoms with Crippen molar-refractivity contribution in [3.63, 3.8) is 0 Å². The van der Waals surface area contributed by atoms with Crippen LogP contribution in [0.1, 0.15) is 36.0 Å². The molecule has 2 fully saturated rings. The molecule has 1 N–H and O–H groups in total. The molecule has 0 spiro atoms. The minimum absolute atomic E-state index is 0.0592. The van der Waals surface area contributed by atoms with Gasteiger partial charge in [0.2, 0.25) is 0 Å². The summed E-state index contributed by atoms with van der Waals surface area (Å²) in [5.74, 6) is 1.37. The summed E-state index contributed by atoms with van der Waals surface area (Å²) in [5.41, 5.74) is 0.647. The van der Waals surface area contributed by atoms with Gasteiger partial charge in [0.05, 0.1) is 18.3 Å². The predicted octanol–water partition coefficient (Wildman–Crippen LogP) is 1.54. The average Bonchev–Trinajstić information content (AvgIpc) is 2.62. The van der Waals surface area contributed by atoms with E-state index in [2.05, 4.69) is 9.88 Å². The number of nitrogens with zero attached hydrogens (tertiary/aromatic N) is 3. The first-order valence-electron chi connectivity index (χ1n) is 8.84. The molecule has 6 heteroatoms. The number of carbonyl (C=O) groups is 1. The first kappa shape index (κ1) is 17.2. The van der Waals surface area contributed by atoms with Crippen molar-refractivity contribution in [3.05, 3.63) is 23.9 Å². The number of amides is 1. The number of aliphatic hydroxyl groups excluding tert-OH is 1. The summed E-state index contributed by atoms with van der Waals surface area (Å²) in [4.78, 5) is 21.2. The fourth-order valence-corrected chi connectivity index (χ4v) is 3.60. The zero-order chi connectivity index (χ0) is 16.9. The van der Waals surface area contributed by atoms with Crippen molar-refractivity contribution in [1.82, 2.24) is 9.88 Å². The molecular formula is C18H27N3O3. The Bertz CT molecular complexity index is 539. The van der Waals surface area contributed by atoms with Gasteiger partial charge in [-0.15, -0.1) is 0 Å². The van der Waals surface area contributed by atoms with Crippen molar-refractivity contribution in [1.29, 1.82) is 0 Å². The molecule has 2 aliphatic heterocycles. The highest BCUT2D eigenvalue weighted by molar-refractivity contribution is 5.94. The van der Waals surface area contributed by atoms with Crippen LogP contribution >= 0.6 is 0 Å². The third-order valence-electron chi connectivity index (χ3n) is 4.99. The van der Waals surface area contributed by atoms with Gasteiger partial charge in [-0.2, -0.15) is 0 Å². The Hall–Kier alpha value is -1.66. The summed E-state index contributed by atoms with van der Waals surface area (Å²) < 4.78 is 5.23. The molecule has 0 radical (unpaired) electrons. The van der Waals surface area contributed by atoms with Gasteiger partial charge in [0.1, 0.15) is 5.82 Å². The van der Waals surface area contributed by atoms with E-state index < -0.39 is 0 Å². The molecule has 2 aliphatic rings. The lowest BCUT2D eigenvalue weighted by Gasteiger charge is -2.33. The van der Waals surface area contributed by atoms with Crippen LogP contribution in [0, 0.1) is 5.92 Å². The first-order chi connectivity index (χ1) is 11.7. The van der Waals surface area contributed by atoms with Crippen LogP contribution in [0.4, 0.5) is 5.82 Å². The second-order valence-electron chi connectivity index (χ2n) is 6.84. The van der Waals surface area contributed by atoms with Gasteiger partial charge in [0.15, 0.2) is 0 Å². The third kappa shape index (κ3) is 4.05. The van der Waals surface area contributed by atoms with Crippen molar-refractivity contribution < 1.29 is 14.6 Å². The number of pyridine rings is 1. The molecule has 6 nitrogen and oxygen atoms in total. The van der Waals surface area contributed by atoms with Crippen LogP contribution in [0.5, 0.6) is 0 Å². The smallest absolute Gasteiger partial charge is 0.255 e. The number of hydrogen-bond donors (Lipinski definition) is 1. The van der Waals surface area contributed by atoms with Crippen LogP contribution in [0.2, 0.25) is 0 Å². The zero-order valence-corrected chi connectivity index (χ0v) is 14.4. The van der Waals surface area contributed by atoms with Crippen LogP contribution in [0.15, 0.2) is 18.3 Å². The highest BCUT2D eigenvalue weighted by atomic mass is 16.5. The van der Waals surface area contributed by atoms with E-state index in [4.69, 9.17) is 4.74 Å². The summed E-state index contributed by atoms with van der Waals surface area (Å²) >= 11 is 0. The molecule has 132 valence electrons. The van der Waals surface area contributed by atoms with E-state index in [1.54, 1.807) is 13.3 Å². The van der Waals surface area contributed by atoms with Crippen molar-refractivity contribution in [2.45, 2.75) is 31.8 Å². The van der Waals surface area contributed by atoms with Crippen LogP contribution in [0.25, 0.3) is 0 Å². The maximum atomic E-state index is 12.7. The van der Waals surface area contributed by atoms with Gasteiger partial charge in [0, 0.05) is 39.5 Å². The van der Waals surface area contributed by atoms with Crippen molar-refractivity contribution in [2.75, 3.05) is 44.8 Å². The summed E-state index contributed by atoms with van der Waals surface area (Å²) in [6, 6.07) is 3.79. The molecule has 1 unspecified atom stereocenters. The van der Waals surface area contributed by atoms with Crippen molar-refractivity contribution >= 4 is 11.7 Å². The number of aromatic nitrogens is 1. The van der Waals surface area contributed by atoms with E-state index in [-0.39, 0.29) is 12.0 Å². The van der Waals surface area contributed by atoms with Crippen LogP contribution in [-0.2, 0) is 4.74 Å². The number of likely N-dealkylation sites (tertiary alicyclic amines) is 1. The number of ether oxygens (including phenoxy) is 1. The number of carbonyl (C=O) groups excluding carboxylic acids is 1. The van der Waals surface area contributed by atoms with Gasteiger partial charge >= 0.3 is 0 Å². The first-order valence-corrected chi connectivity index (χ1v) is 8.84. The Balaban J connectivity index is 1.61. The van der Waals surface area contributed by atoms with Crippen LogP contribution < -0.4 is 4.90 Å². The Morgan fingerprint density at radius 1 is 1.29 bits per heavy atom. The lowest BCUT2D eigenvalue weighted by atomic mass is 9.98. The fraction of sp³-hybridized carbons (Fsp3) is 0.667.